The molecule has 20 aromatic rings. The summed E-state index contributed by atoms with van der Waals surface area (Å²) in [4.78, 5) is 9.50. The molecule has 0 heterocycles. The molecular weight excluding hydrogens is 1470 g/mol. The van der Waals surface area contributed by atoms with Crippen molar-refractivity contribution in [1.82, 2.24) is 0 Å². The Labute approximate surface area is 712 Å². The summed E-state index contributed by atoms with van der Waals surface area (Å²) in [6.07, 6.45) is 0. The van der Waals surface area contributed by atoms with Crippen LogP contribution in [0.4, 0.5) is 68.2 Å². The average molecular weight is 1560 g/mol. The van der Waals surface area contributed by atoms with Crippen LogP contribution in [0.3, 0.4) is 0 Å². The Morgan fingerprint density at radius 2 is 0.344 bits per heavy atom. The molecular formula is C118H84N4. The van der Waals surface area contributed by atoms with Crippen LogP contribution >= 0.6 is 0 Å². The number of hydrogen-bond donors (Lipinski definition) is 0. The Morgan fingerprint density at radius 1 is 0.131 bits per heavy atom. The largest absolute Gasteiger partial charge is 0.310 e. The van der Waals surface area contributed by atoms with E-state index in [2.05, 4.69) is 484 Å². The van der Waals surface area contributed by atoms with Gasteiger partial charge in [0.1, 0.15) is 0 Å². The summed E-state index contributed by atoms with van der Waals surface area (Å²) in [5.41, 5.74) is 38.8. The van der Waals surface area contributed by atoms with Gasteiger partial charge in [-0.2, -0.15) is 0 Å². The minimum absolute atomic E-state index is 0.488. The molecule has 0 bridgehead atoms. The molecule has 0 amide bonds. The van der Waals surface area contributed by atoms with E-state index in [4.69, 9.17) is 0 Å². The van der Waals surface area contributed by atoms with Gasteiger partial charge in [-0.25, -0.2) is 0 Å². The van der Waals surface area contributed by atoms with Crippen LogP contribution in [0.15, 0.2) is 437 Å². The molecule has 0 radical (unpaired) electrons. The van der Waals surface area contributed by atoms with Gasteiger partial charge in [-0.1, -0.05) is 254 Å². The fourth-order valence-electron chi connectivity index (χ4n) is 20.8. The molecule has 0 aromatic heterocycles. The van der Waals surface area contributed by atoms with Crippen molar-refractivity contribution >= 4 is 111 Å². The average Bonchev–Trinajstić information content (AvgIpc) is 1.51. The number of para-hydroxylation sites is 4. The number of fused-ring (bicyclic) bond motifs is 24. The summed E-state index contributed by atoms with van der Waals surface area (Å²) >= 11 is 0. The molecule has 576 valence electrons. The lowest BCUT2D eigenvalue weighted by atomic mass is 9.70. The molecule has 4 nitrogen and oxygen atoms in total. The van der Waals surface area contributed by atoms with Gasteiger partial charge in [0.2, 0.25) is 0 Å². The van der Waals surface area contributed by atoms with E-state index in [9.17, 15) is 0 Å². The van der Waals surface area contributed by atoms with Gasteiger partial charge in [0.25, 0.3) is 0 Å². The quantitative estimate of drug-likeness (QED) is 0.121. The standard InChI is InChI=1S/2C59H42N2/c1-39-15-13-21-47(31-39)60(45-17-5-3-6-18-45)49-29-27-41-35-53-54-36-42-28-30-50(61(46-19-7-4-8-20-46)48-22-14-16-40(2)32-48)34-44(42)38-58(54)59(57(53)37-43(41)33-49)55-25-11-9-23-51(55)52-24-10-12-26-56(52)59;1-39-21-27-47(28-22-39)60(45-13-5-3-6-14-45)49-31-25-41-35-53-54-36-42-26-32-50(61(46-15-7-4-8-16-46)48-29-23-40(2)24-30-48)34-44(42)38-58(54)59(57(53)37-43(41)33-49)55-19-11-9-17-51(55)52-18-10-12-20-56(52)59/h2*3-38H,1-2H3. The van der Waals surface area contributed by atoms with Crippen LogP contribution in [0.5, 0.6) is 0 Å². The SMILES string of the molecule is Cc1ccc(N(c2ccccc2)c2ccc3cc4c(cc3c2)C2(c3ccccc3-c3ccccc32)c2cc3cc(N(c5ccccc5)c5ccc(C)cc5)ccc3cc2-4)cc1.Cc1cccc(N(c2ccccc2)c2ccc3cc4c(cc3c2)C2(c3ccccc3-c3ccccc32)c2cc3cc(N(c5ccccc5)c5cccc(C)c5)ccc3cc2-4)c1. The molecule has 122 heavy (non-hydrogen) atoms. The van der Waals surface area contributed by atoms with Gasteiger partial charge in [0, 0.05) is 68.2 Å². The highest BCUT2D eigenvalue weighted by Crippen LogP contribution is 2.66. The van der Waals surface area contributed by atoms with Crippen molar-refractivity contribution < 1.29 is 0 Å². The Kier molecular flexibility index (Phi) is 16.9. The van der Waals surface area contributed by atoms with E-state index in [1.807, 2.05) is 0 Å². The maximum atomic E-state index is 2.51. The zero-order valence-electron chi connectivity index (χ0n) is 68.4. The summed E-state index contributed by atoms with van der Waals surface area (Å²) in [5.74, 6) is 0. The second kappa shape index (κ2) is 28.7. The Balaban J connectivity index is 0.000000142. The molecule has 0 saturated carbocycles. The Morgan fingerprint density at radius 3 is 0.607 bits per heavy atom. The summed E-state index contributed by atoms with van der Waals surface area (Å²) in [7, 11) is 0. The monoisotopic (exact) mass is 1560 g/mol. The van der Waals surface area contributed by atoms with E-state index < -0.39 is 10.8 Å². The highest BCUT2D eigenvalue weighted by Gasteiger charge is 2.54. The number of benzene rings is 20. The minimum atomic E-state index is -0.489. The van der Waals surface area contributed by atoms with E-state index in [0.29, 0.717) is 0 Å². The van der Waals surface area contributed by atoms with Gasteiger partial charge in [0.05, 0.1) is 10.8 Å². The first-order valence-electron chi connectivity index (χ1n) is 42.5. The second-order valence-electron chi connectivity index (χ2n) is 33.4. The summed E-state index contributed by atoms with van der Waals surface area (Å²) in [6, 6.07) is 162. The topological polar surface area (TPSA) is 13.0 Å². The molecule has 0 atom stereocenters. The van der Waals surface area contributed by atoms with Crippen LogP contribution in [0.2, 0.25) is 0 Å². The lowest BCUT2D eigenvalue weighted by Crippen LogP contribution is -2.25. The molecule has 0 unspecified atom stereocenters. The maximum absolute atomic E-state index is 2.51. The molecule has 20 aromatic carbocycles. The van der Waals surface area contributed by atoms with E-state index in [0.717, 1.165) is 68.2 Å². The lowest BCUT2D eigenvalue weighted by Gasteiger charge is -2.31. The van der Waals surface area contributed by atoms with Crippen molar-refractivity contribution in [3.8, 4) is 44.5 Å². The fourth-order valence-corrected chi connectivity index (χ4v) is 20.8. The number of anilines is 12. The normalized spacial score (nSPS) is 12.9. The van der Waals surface area contributed by atoms with Crippen molar-refractivity contribution in [3.05, 3.63) is 504 Å². The third-order valence-electron chi connectivity index (χ3n) is 26.1. The predicted molar refractivity (Wildman–Crippen MR) is 513 cm³/mol. The van der Waals surface area contributed by atoms with Crippen molar-refractivity contribution in [2.24, 2.45) is 0 Å². The predicted octanol–water partition coefficient (Wildman–Crippen LogP) is 31.8. The summed E-state index contributed by atoms with van der Waals surface area (Å²) in [5, 5.41) is 9.82. The number of rotatable bonds is 12. The van der Waals surface area contributed by atoms with Crippen molar-refractivity contribution in [3.63, 3.8) is 0 Å². The molecule has 0 saturated heterocycles. The van der Waals surface area contributed by atoms with Crippen molar-refractivity contribution in [2.45, 2.75) is 38.5 Å². The van der Waals surface area contributed by atoms with Gasteiger partial charge < -0.3 is 19.6 Å². The van der Waals surface area contributed by atoms with Gasteiger partial charge in [-0.3, -0.25) is 0 Å². The molecule has 0 N–H and O–H groups in total. The highest BCUT2D eigenvalue weighted by molar-refractivity contribution is 6.08. The molecule has 24 rings (SSSR count). The third kappa shape index (κ3) is 11.5. The first-order valence-corrected chi connectivity index (χ1v) is 42.5. The smallest absolute Gasteiger partial charge is 0.0725 e. The van der Waals surface area contributed by atoms with E-state index >= 15 is 0 Å². The highest BCUT2D eigenvalue weighted by atomic mass is 15.2. The first-order chi connectivity index (χ1) is 60.1. The van der Waals surface area contributed by atoms with Crippen molar-refractivity contribution in [1.29, 1.82) is 0 Å². The van der Waals surface area contributed by atoms with Crippen LogP contribution in [0.25, 0.3) is 87.6 Å². The fraction of sp³-hybridized carbons (Fsp3) is 0.0508. The second-order valence-corrected chi connectivity index (χ2v) is 33.4. The summed E-state index contributed by atoms with van der Waals surface area (Å²) < 4.78 is 0. The molecule has 4 heteroatoms. The zero-order chi connectivity index (χ0) is 81.3. The number of hydrogen-bond acceptors (Lipinski definition) is 4. The first kappa shape index (κ1) is 71.9. The zero-order valence-corrected chi connectivity index (χ0v) is 68.4. The molecule has 0 aliphatic heterocycles. The molecule has 2 spiro atoms. The lowest BCUT2D eigenvalue weighted by molar-refractivity contribution is 0.796. The van der Waals surface area contributed by atoms with Crippen molar-refractivity contribution in [2.75, 3.05) is 19.6 Å². The van der Waals surface area contributed by atoms with Crippen LogP contribution < -0.4 is 19.6 Å². The van der Waals surface area contributed by atoms with E-state index in [-0.39, 0.29) is 0 Å². The van der Waals surface area contributed by atoms with Gasteiger partial charge in [0.15, 0.2) is 0 Å². The van der Waals surface area contributed by atoms with Crippen LogP contribution in [-0.4, -0.2) is 0 Å². The molecule has 0 fully saturated rings. The van der Waals surface area contributed by atoms with Gasteiger partial charge in [-0.15, -0.1) is 0 Å². The van der Waals surface area contributed by atoms with Gasteiger partial charge in [-0.05, 0) is 365 Å². The van der Waals surface area contributed by atoms with Gasteiger partial charge >= 0.3 is 0 Å². The Hall–Kier alpha value is -15.4. The van der Waals surface area contributed by atoms with Crippen LogP contribution in [-0.2, 0) is 10.8 Å². The van der Waals surface area contributed by atoms with Crippen LogP contribution in [0.1, 0.15) is 66.8 Å². The van der Waals surface area contributed by atoms with E-state index in [1.54, 1.807) is 0 Å². The number of nitrogens with zero attached hydrogens (tertiary/aromatic N) is 4. The number of aryl methyl sites for hydroxylation is 4. The maximum Gasteiger partial charge on any atom is 0.0725 e. The molecule has 4 aliphatic carbocycles. The minimum Gasteiger partial charge on any atom is -0.310 e. The van der Waals surface area contributed by atoms with Crippen LogP contribution in [0, 0.1) is 27.7 Å². The molecule has 4 aliphatic rings. The Bertz CT molecular complexity index is 7110. The summed E-state index contributed by atoms with van der Waals surface area (Å²) in [6.45, 7) is 8.62. The third-order valence-corrected chi connectivity index (χ3v) is 26.1. The van der Waals surface area contributed by atoms with E-state index in [1.165, 1.54) is 154 Å².